The molecule has 6 nitrogen and oxygen atoms in total. The van der Waals surface area contributed by atoms with Gasteiger partial charge in [-0.05, 0) is 54.4 Å². The van der Waals surface area contributed by atoms with Crippen LogP contribution in [0.3, 0.4) is 0 Å². The normalized spacial score (nSPS) is 9.97. The second-order valence-corrected chi connectivity index (χ2v) is 6.41. The Hall–Kier alpha value is -4.11. The van der Waals surface area contributed by atoms with Gasteiger partial charge in [0.1, 0.15) is 23.7 Å². The van der Waals surface area contributed by atoms with Gasteiger partial charge in [-0.3, -0.25) is 4.79 Å². The summed E-state index contributed by atoms with van der Waals surface area (Å²) >= 11 is 0. The largest absolute Gasteiger partial charge is 0.457 e. The van der Waals surface area contributed by atoms with Gasteiger partial charge in [-0.15, -0.1) is 0 Å². The number of carbonyl (C=O) groups excluding carboxylic acids is 2. The van der Waals surface area contributed by atoms with Crippen LogP contribution >= 0.6 is 0 Å². The minimum absolute atomic E-state index is 0.146. The summed E-state index contributed by atoms with van der Waals surface area (Å²) in [5.74, 6) is 0.880. The smallest absolute Gasteiger partial charge is 0.343 e. The molecule has 1 amide bonds. The van der Waals surface area contributed by atoms with E-state index in [1.807, 2.05) is 42.5 Å². The van der Waals surface area contributed by atoms with Crippen LogP contribution in [0.25, 0.3) is 0 Å². The van der Waals surface area contributed by atoms with Gasteiger partial charge >= 0.3 is 5.97 Å². The van der Waals surface area contributed by atoms with Gasteiger partial charge in [0.15, 0.2) is 0 Å². The van der Waals surface area contributed by atoms with Crippen LogP contribution in [0.15, 0.2) is 78.9 Å². The number of para-hydroxylation sites is 1. The topological polar surface area (TPSA) is 88.4 Å². The van der Waals surface area contributed by atoms with Crippen molar-refractivity contribution < 1.29 is 19.1 Å². The van der Waals surface area contributed by atoms with Crippen LogP contribution in [-0.4, -0.2) is 18.4 Å². The zero-order chi connectivity index (χ0) is 21.2. The summed E-state index contributed by atoms with van der Waals surface area (Å²) in [5, 5.41) is 11.1. The Labute approximate surface area is 174 Å². The standard InChI is InChI=1S/C24H20N2O4/c25-15-13-23(27)26-16-14-18-9-11-21(12-10-18)30-24(28)19-5-4-8-22(17-19)29-20-6-2-1-3-7-20/h1-12,17H,13-14,16H2,(H,26,27). The zero-order valence-corrected chi connectivity index (χ0v) is 16.2. The van der Waals surface area contributed by atoms with Crippen molar-refractivity contribution in [3.05, 3.63) is 90.0 Å². The number of rotatable bonds is 8. The molecule has 6 heteroatoms. The predicted molar refractivity (Wildman–Crippen MR) is 111 cm³/mol. The molecule has 0 heterocycles. The fourth-order valence-electron chi connectivity index (χ4n) is 2.68. The van der Waals surface area contributed by atoms with Crippen LogP contribution in [0, 0.1) is 11.3 Å². The molecule has 0 atom stereocenters. The van der Waals surface area contributed by atoms with Gasteiger partial charge in [-0.1, -0.05) is 36.4 Å². The highest BCUT2D eigenvalue weighted by atomic mass is 16.5. The summed E-state index contributed by atoms with van der Waals surface area (Å²) < 4.78 is 11.2. The maximum absolute atomic E-state index is 12.5. The Morgan fingerprint density at radius 3 is 2.33 bits per heavy atom. The van der Waals surface area contributed by atoms with E-state index in [1.165, 1.54) is 0 Å². The fourth-order valence-corrected chi connectivity index (χ4v) is 2.68. The highest BCUT2D eigenvalue weighted by Gasteiger charge is 2.10. The van der Waals surface area contributed by atoms with Crippen LogP contribution in [0.5, 0.6) is 17.2 Å². The molecule has 0 radical (unpaired) electrons. The number of amides is 1. The molecule has 0 unspecified atom stereocenters. The number of benzene rings is 3. The molecule has 0 aromatic heterocycles. The van der Waals surface area contributed by atoms with E-state index >= 15 is 0 Å². The molecule has 0 saturated heterocycles. The molecule has 0 spiro atoms. The summed E-state index contributed by atoms with van der Waals surface area (Å²) in [6.45, 7) is 0.438. The molecule has 0 bridgehead atoms. The van der Waals surface area contributed by atoms with Gasteiger partial charge in [-0.25, -0.2) is 4.79 Å². The van der Waals surface area contributed by atoms with E-state index in [2.05, 4.69) is 5.32 Å². The van der Waals surface area contributed by atoms with Gasteiger partial charge in [0.2, 0.25) is 5.91 Å². The van der Waals surface area contributed by atoms with E-state index in [4.69, 9.17) is 14.7 Å². The number of nitriles is 1. The minimum atomic E-state index is -0.481. The first-order valence-corrected chi connectivity index (χ1v) is 9.42. The lowest BCUT2D eigenvalue weighted by atomic mass is 10.1. The van der Waals surface area contributed by atoms with E-state index < -0.39 is 5.97 Å². The second-order valence-electron chi connectivity index (χ2n) is 6.41. The van der Waals surface area contributed by atoms with Gasteiger partial charge in [-0.2, -0.15) is 5.26 Å². The lowest BCUT2D eigenvalue weighted by molar-refractivity contribution is -0.120. The third-order valence-corrected chi connectivity index (χ3v) is 4.16. The monoisotopic (exact) mass is 400 g/mol. The Bertz CT molecular complexity index is 1040. The SMILES string of the molecule is N#CCC(=O)NCCc1ccc(OC(=O)c2cccc(Oc3ccccc3)c2)cc1. The van der Waals surface area contributed by atoms with Gasteiger partial charge in [0.25, 0.3) is 0 Å². The highest BCUT2D eigenvalue weighted by molar-refractivity contribution is 5.91. The maximum atomic E-state index is 12.5. The third kappa shape index (κ3) is 6.21. The van der Waals surface area contributed by atoms with Crippen molar-refractivity contribution in [1.82, 2.24) is 5.32 Å². The first-order valence-electron chi connectivity index (χ1n) is 9.42. The molecular weight excluding hydrogens is 380 g/mol. The number of esters is 1. The van der Waals surface area contributed by atoms with Crippen molar-refractivity contribution in [2.45, 2.75) is 12.8 Å². The first kappa shape index (κ1) is 20.6. The lowest BCUT2D eigenvalue weighted by Gasteiger charge is -2.09. The highest BCUT2D eigenvalue weighted by Crippen LogP contribution is 2.23. The predicted octanol–water partition coefficient (Wildman–Crippen LogP) is 4.27. The van der Waals surface area contributed by atoms with Crippen molar-refractivity contribution >= 4 is 11.9 Å². The van der Waals surface area contributed by atoms with Crippen LogP contribution in [0.1, 0.15) is 22.3 Å². The van der Waals surface area contributed by atoms with Crippen LogP contribution in [-0.2, 0) is 11.2 Å². The Balaban J connectivity index is 1.55. The summed E-state index contributed by atoms with van der Waals surface area (Å²) in [7, 11) is 0. The molecule has 0 saturated carbocycles. The van der Waals surface area contributed by atoms with Gasteiger partial charge in [0, 0.05) is 6.54 Å². The van der Waals surface area contributed by atoms with E-state index in [0.717, 1.165) is 5.56 Å². The van der Waals surface area contributed by atoms with Gasteiger partial charge in [0.05, 0.1) is 11.6 Å². The number of ether oxygens (including phenoxy) is 2. The maximum Gasteiger partial charge on any atom is 0.343 e. The average molecular weight is 400 g/mol. The van der Waals surface area contributed by atoms with Crippen molar-refractivity contribution in [3.63, 3.8) is 0 Å². The number of hydrogen-bond donors (Lipinski definition) is 1. The molecule has 3 rings (SSSR count). The number of nitrogens with zero attached hydrogens (tertiary/aromatic N) is 1. The molecule has 3 aromatic carbocycles. The molecule has 0 aliphatic rings. The van der Waals surface area contributed by atoms with Crippen LogP contribution in [0.2, 0.25) is 0 Å². The fraction of sp³-hybridized carbons (Fsp3) is 0.125. The van der Waals surface area contributed by atoms with Gasteiger partial charge < -0.3 is 14.8 Å². The molecular formula is C24H20N2O4. The molecule has 0 aliphatic heterocycles. The van der Waals surface area contributed by atoms with E-state index in [1.54, 1.807) is 42.5 Å². The van der Waals surface area contributed by atoms with E-state index in [9.17, 15) is 9.59 Å². The zero-order valence-electron chi connectivity index (χ0n) is 16.2. The molecule has 30 heavy (non-hydrogen) atoms. The average Bonchev–Trinajstić information content (AvgIpc) is 2.76. The summed E-state index contributed by atoms with van der Waals surface area (Å²) in [6, 6.07) is 25.0. The van der Waals surface area contributed by atoms with Crippen molar-refractivity contribution in [2.75, 3.05) is 6.54 Å². The first-order chi connectivity index (χ1) is 14.6. The Morgan fingerprint density at radius 2 is 1.60 bits per heavy atom. The molecule has 150 valence electrons. The van der Waals surface area contributed by atoms with Crippen LogP contribution in [0.4, 0.5) is 0 Å². The van der Waals surface area contributed by atoms with Crippen LogP contribution < -0.4 is 14.8 Å². The Morgan fingerprint density at radius 1 is 0.867 bits per heavy atom. The third-order valence-electron chi connectivity index (χ3n) is 4.16. The van der Waals surface area contributed by atoms with Crippen molar-refractivity contribution in [3.8, 4) is 23.3 Å². The van der Waals surface area contributed by atoms with E-state index in [-0.39, 0.29) is 12.3 Å². The summed E-state index contributed by atoms with van der Waals surface area (Å²) in [6.07, 6.45) is 0.469. The molecule has 0 fully saturated rings. The quantitative estimate of drug-likeness (QED) is 0.451. The summed E-state index contributed by atoms with van der Waals surface area (Å²) in [4.78, 5) is 23.7. The molecule has 1 N–H and O–H groups in total. The second kappa shape index (κ2) is 10.4. The minimum Gasteiger partial charge on any atom is -0.457 e. The van der Waals surface area contributed by atoms with Crippen molar-refractivity contribution in [1.29, 1.82) is 5.26 Å². The van der Waals surface area contributed by atoms with E-state index in [0.29, 0.717) is 35.8 Å². The lowest BCUT2D eigenvalue weighted by Crippen LogP contribution is -2.24. The van der Waals surface area contributed by atoms with Crippen molar-refractivity contribution in [2.24, 2.45) is 0 Å². The Kier molecular flexibility index (Phi) is 7.17. The number of nitrogens with one attached hydrogen (secondary N) is 1. The number of carbonyl (C=O) groups is 2. The molecule has 0 aliphatic carbocycles. The molecule has 3 aromatic rings. The number of hydrogen-bond acceptors (Lipinski definition) is 5. The summed E-state index contributed by atoms with van der Waals surface area (Å²) in [5.41, 5.74) is 1.36.